The number of rotatable bonds is 1. The van der Waals surface area contributed by atoms with Crippen LogP contribution in [0.2, 0.25) is 0 Å². The molecule has 2 heterocycles. The number of hydrogen-bond acceptors (Lipinski definition) is 2. The fraction of sp³-hybridized carbons (Fsp3) is 0. The zero-order valence-electron chi connectivity index (χ0n) is 8.97. The molecule has 0 amide bonds. The Labute approximate surface area is 107 Å². The largest absolute Gasteiger partial charge is 0.255 e. The Morgan fingerprint density at radius 2 is 1.76 bits per heavy atom. The van der Waals surface area contributed by atoms with Crippen molar-refractivity contribution < 1.29 is 0 Å². The molecule has 2 nitrogen and oxygen atoms in total. The van der Waals surface area contributed by atoms with Gasteiger partial charge in [0.25, 0.3) is 0 Å². The van der Waals surface area contributed by atoms with Gasteiger partial charge >= 0.3 is 0 Å². The molecule has 0 aliphatic carbocycles. The van der Waals surface area contributed by atoms with Crippen LogP contribution in [-0.2, 0) is 0 Å². The molecule has 0 bridgehead atoms. The molecule has 3 heteroatoms. The first-order valence-electron chi connectivity index (χ1n) is 5.30. The predicted molar refractivity (Wildman–Crippen MR) is 72.7 cm³/mol. The van der Waals surface area contributed by atoms with Crippen molar-refractivity contribution in [2.45, 2.75) is 0 Å². The number of hydrogen-bond donors (Lipinski definition) is 0. The van der Waals surface area contributed by atoms with Gasteiger partial charge in [-0.25, -0.2) is 0 Å². The van der Waals surface area contributed by atoms with Crippen LogP contribution in [0.15, 0.2) is 59.3 Å². The molecule has 0 spiro atoms. The lowest BCUT2D eigenvalue weighted by Gasteiger charge is -2.02. The topological polar surface area (TPSA) is 25.8 Å². The monoisotopic (exact) mass is 284 g/mol. The molecule has 0 saturated carbocycles. The molecule has 0 saturated heterocycles. The minimum Gasteiger partial charge on any atom is -0.255 e. The van der Waals surface area contributed by atoms with Crippen LogP contribution in [0.4, 0.5) is 0 Å². The van der Waals surface area contributed by atoms with Crippen molar-refractivity contribution in [2.75, 3.05) is 0 Å². The van der Waals surface area contributed by atoms with Crippen molar-refractivity contribution >= 4 is 26.7 Å². The van der Waals surface area contributed by atoms with Crippen LogP contribution in [0.1, 0.15) is 0 Å². The van der Waals surface area contributed by atoms with Gasteiger partial charge in [0.05, 0.1) is 11.4 Å². The Balaban J connectivity index is 2.17. The third-order valence-corrected chi connectivity index (χ3v) is 3.10. The zero-order chi connectivity index (χ0) is 11.7. The number of nitrogens with zero attached hydrogens (tertiary/aromatic N) is 2. The van der Waals surface area contributed by atoms with Crippen molar-refractivity contribution in [3.8, 4) is 11.4 Å². The minimum absolute atomic E-state index is 0.900. The van der Waals surface area contributed by atoms with E-state index in [1.54, 1.807) is 6.20 Å². The van der Waals surface area contributed by atoms with E-state index < -0.39 is 0 Å². The molecule has 0 aliphatic rings. The maximum atomic E-state index is 4.43. The summed E-state index contributed by atoms with van der Waals surface area (Å²) in [5.74, 6) is 0. The second-order valence-electron chi connectivity index (χ2n) is 3.78. The van der Waals surface area contributed by atoms with Crippen LogP contribution in [0.5, 0.6) is 0 Å². The van der Waals surface area contributed by atoms with E-state index in [-0.39, 0.29) is 0 Å². The first-order valence-corrected chi connectivity index (χ1v) is 6.09. The molecule has 1 aromatic carbocycles. The highest BCUT2D eigenvalue weighted by atomic mass is 79.9. The molecule has 0 unspecified atom stereocenters. The van der Waals surface area contributed by atoms with Crippen molar-refractivity contribution in [2.24, 2.45) is 0 Å². The first kappa shape index (κ1) is 10.4. The smallest absolute Gasteiger partial charge is 0.0892 e. The second kappa shape index (κ2) is 4.26. The van der Waals surface area contributed by atoms with Gasteiger partial charge < -0.3 is 0 Å². The van der Waals surface area contributed by atoms with E-state index >= 15 is 0 Å². The Hall–Kier alpha value is -1.74. The van der Waals surface area contributed by atoms with Gasteiger partial charge in [0.2, 0.25) is 0 Å². The molecule has 17 heavy (non-hydrogen) atoms. The lowest BCUT2D eigenvalue weighted by atomic mass is 10.1. The van der Waals surface area contributed by atoms with Gasteiger partial charge in [-0.15, -0.1) is 0 Å². The maximum Gasteiger partial charge on any atom is 0.0892 e. The molecule has 0 aliphatic heterocycles. The summed E-state index contributed by atoms with van der Waals surface area (Å²) in [5.41, 5.74) is 1.80. The quantitative estimate of drug-likeness (QED) is 0.673. The Kier molecular flexibility index (Phi) is 2.61. The highest BCUT2D eigenvalue weighted by molar-refractivity contribution is 9.10. The number of aromatic nitrogens is 2. The van der Waals surface area contributed by atoms with Crippen LogP contribution in [-0.4, -0.2) is 9.97 Å². The summed E-state index contributed by atoms with van der Waals surface area (Å²) >= 11 is 3.46. The SMILES string of the molecule is Brc1ccc2cc(-c3ccccn3)ncc2c1. The molecule has 0 atom stereocenters. The highest BCUT2D eigenvalue weighted by Crippen LogP contribution is 2.23. The van der Waals surface area contributed by atoms with E-state index in [0.717, 1.165) is 21.2 Å². The number of fused-ring (bicyclic) bond motifs is 1. The lowest BCUT2D eigenvalue weighted by Crippen LogP contribution is -1.86. The lowest BCUT2D eigenvalue weighted by molar-refractivity contribution is 1.26. The van der Waals surface area contributed by atoms with E-state index in [1.165, 1.54) is 5.39 Å². The maximum absolute atomic E-state index is 4.43. The average molecular weight is 285 g/mol. The van der Waals surface area contributed by atoms with Gasteiger partial charge in [-0.1, -0.05) is 28.1 Å². The first-order chi connectivity index (χ1) is 8.33. The van der Waals surface area contributed by atoms with Crippen molar-refractivity contribution in [1.82, 2.24) is 9.97 Å². The van der Waals surface area contributed by atoms with Gasteiger partial charge in [-0.3, -0.25) is 9.97 Å². The zero-order valence-corrected chi connectivity index (χ0v) is 10.6. The third-order valence-electron chi connectivity index (χ3n) is 2.61. The van der Waals surface area contributed by atoms with Gasteiger partial charge in [0, 0.05) is 22.3 Å². The normalized spacial score (nSPS) is 10.6. The predicted octanol–water partition coefficient (Wildman–Crippen LogP) is 4.06. The highest BCUT2D eigenvalue weighted by Gasteiger charge is 2.02. The second-order valence-corrected chi connectivity index (χ2v) is 4.69. The van der Waals surface area contributed by atoms with Crippen molar-refractivity contribution in [3.63, 3.8) is 0 Å². The van der Waals surface area contributed by atoms with Crippen LogP contribution in [0.3, 0.4) is 0 Å². The molecule has 0 N–H and O–H groups in total. The van der Waals surface area contributed by atoms with Gasteiger partial charge in [0.15, 0.2) is 0 Å². The van der Waals surface area contributed by atoms with Crippen LogP contribution < -0.4 is 0 Å². The summed E-state index contributed by atoms with van der Waals surface area (Å²) in [6.07, 6.45) is 3.66. The minimum atomic E-state index is 0.900. The summed E-state index contributed by atoms with van der Waals surface area (Å²) in [4.78, 5) is 8.74. The van der Waals surface area contributed by atoms with Gasteiger partial charge in [0.1, 0.15) is 0 Å². The third kappa shape index (κ3) is 2.06. The number of pyridine rings is 2. The van der Waals surface area contributed by atoms with E-state index in [0.29, 0.717) is 0 Å². The molecule has 0 radical (unpaired) electrons. The molecule has 3 aromatic rings. The summed E-state index contributed by atoms with van der Waals surface area (Å²) in [6, 6.07) is 14.1. The van der Waals surface area contributed by atoms with E-state index in [9.17, 15) is 0 Å². The van der Waals surface area contributed by atoms with E-state index in [1.807, 2.05) is 30.5 Å². The van der Waals surface area contributed by atoms with Gasteiger partial charge in [-0.05, 0) is 35.7 Å². The molecule has 82 valence electrons. The molecular formula is C14H9BrN2. The Morgan fingerprint density at radius 3 is 2.59 bits per heavy atom. The Bertz CT molecular complexity index is 665. The van der Waals surface area contributed by atoms with E-state index in [4.69, 9.17) is 0 Å². The summed E-state index contributed by atoms with van der Waals surface area (Å²) in [5, 5.41) is 2.29. The number of benzene rings is 1. The molecule has 2 aromatic heterocycles. The standard InChI is InChI=1S/C14H9BrN2/c15-12-5-4-10-8-14(17-9-11(10)7-12)13-3-1-2-6-16-13/h1-9H. The number of halogens is 1. The molecular weight excluding hydrogens is 276 g/mol. The van der Waals surface area contributed by atoms with E-state index in [2.05, 4.69) is 44.1 Å². The summed E-state index contributed by atoms with van der Waals surface area (Å²) in [7, 11) is 0. The molecule has 0 fully saturated rings. The van der Waals surface area contributed by atoms with Crippen LogP contribution >= 0.6 is 15.9 Å². The Morgan fingerprint density at radius 1 is 0.824 bits per heavy atom. The van der Waals surface area contributed by atoms with Gasteiger partial charge in [-0.2, -0.15) is 0 Å². The average Bonchev–Trinajstić information content (AvgIpc) is 2.39. The van der Waals surface area contributed by atoms with Crippen LogP contribution in [0.25, 0.3) is 22.2 Å². The fourth-order valence-electron chi connectivity index (χ4n) is 1.77. The molecule has 3 rings (SSSR count). The summed E-state index contributed by atoms with van der Waals surface area (Å²) < 4.78 is 1.07. The summed E-state index contributed by atoms with van der Waals surface area (Å²) in [6.45, 7) is 0. The van der Waals surface area contributed by atoms with Crippen LogP contribution in [0, 0.1) is 0 Å². The fourth-order valence-corrected chi connectivity index (χ4v) is 2.15. The van der Waals surface area contributed by atoms with Crippen molar-refractivity contribution in [3.05, 3.63) is 59.3 Å². The van der Waals surface area contributed by atoms with Crippen molar-refractivity contribution in [1.29, 1.82) is 0 Å².